The van der Waals surface area contributed by atoms with E-state index >= 15 is 0 Å². The molecule has 2 aromatic heterocycles. The Balaban J connectivity index is 1.48. The van der Waals surface area contributed by atoms with Crippen LogP contribution in [0.1, 0.15) is 11.3 Å². The molecular weight excluding hydrogens is 537 g/mol. The minimum absolute atomic E-state index is 0.103. The van der Waals surface area contributed by atoms with Gasteiger partial charge in [-0.3, -0.25) is 14.2 Å². The number of anilines is 2. The number of aromatic nitrogens is 1. The number of allylic oxidation sites excluding steroid dienone is 1. The van der Waals surface area contributed by atoms with Crippen LogP contribution in [0.4, 0.5) is 10.8 Å². The smallest absolute Gasteiger partial charge is 0.282 e. The van der Waals surface area contributed by atoms with E-state index in [0.717, 1.165) is 20.8 Å². The fourth-order valence-electron chi connectivity index (χ4n) is 4.24. The van der Waals surface area contributed by atoms with E-state index in [1.165, 1.54) is 35.2 Å². The molecule has 8 nitrogen and oxygen atoms in total. The first-order valence-electron chi connectivity index (χ1n) is 10.8. The van der Waals surface area contributed by atoms with Crippen molar-refractivity contribution < 1.29 is 17.8 Å². The van der Waals surface area contributed by atoms with E-state index in [2.05, 4.69) is 0 Å². The highest BCUT2D eigenvalue weighted by Gasteiger charge is 2.56. The number of carbonyl (C=O) groups excluding carboxylic acids is 1. The maximum Gasteiger partial charge on any atom is 0.294 e. The first kappa shape index (κ1) is 23.4. The normalized spacial score (nSPS) is 20.4. The van der Waals surface area contributed by atoms with E-state index in [-0.39, 0.29) is 16.6 Å². The Labute approximate surface area is 219 Å². The maximum atomic E-state index is 13.3. The van der Waals surface area contributed by atoms with Gasteiger partial charge < -0.3 is 0 Å². The molecule has 0 radical (unpaired) electrons. The highest BCUT2D eigenvalue weighted by Crippen LogP contribution is 2.51. The summed E-state index contributed by atoms with van der Waals surface area (Å²) >= 11 is 4.46. The quantitative estimate of drug-likeness (QED) is 0.333. The number of thiazole rings is 1. The summed E-state index contributed by atoms with van der Waals surface area (Å²) in [6.45, 7) is 0. The number of thiophene rings is 1. The highest BCUT2D eigenvalue weighted by molar-refractivity contribution is 8.02. The first-order chi connectivity index (χ1) is 17.3. The third-order valence-electron chi connectivity index (χ3n) is 5.81. The highest BCUT2D eigenvalue weighted by atomic mass is 32.2. The van der Waals surface area contributed by atoms with Crippen LogP contribution in [-0.2, 0) is 14.9 Å². The molecule has 4 heterocycles. The van der Waals surface area contributed by atoms with Crippen LogP contribution in [0.25, 0.3) is 16.3 Å². The Kier molecular flexibility index (Phi) is 5.73. The standard InChI is InChI=1S/C24H18N4O4S4/c29-22-15-34-24(27(22)23-25-20-8-1-2-9-21(20)35-23)14-16(10-11-18-6-4-12-33-18)26-28(24)17-5-3-7-19(13-17)36(30,31)32/h1-13H,14-15H2,(H,30,31,32). The molecule has 2 aliphatic heterocycles. The van der Waals surface area contributed by atoms with Gasteiger partial charge in [0.2, 0.25) is 5.91 Å². The summed E-state index contributed by atoms with van der Waals surface area (Å²) in [6, 6.07) is 17.6. The van der Waals surface area contributed by atoms with E-state index in [4.69, 9.17) is 10.1 Å². The molecule has 1 fully saturated rings. The molecule has 0 bridgehead atoms. The Morgan fingerprint density at radius 3 is 2.69 bits per heavy atom. The molecular formula is C24H18N4O4S4. The molecule has 6 rings (SSSR count). The topological polar surface area (TPSA) is 103 Å². The molecule has 1 unspecified atom stereocenters. The van der Waals surface area contributed by atoms with Crippen molar-refractivity contribution in [2.24, 2.45) is 5.10 Å². The first-order valence-corrected chi connectivity index (χ1v) is 15.0. The predicted octanol–water partition coefficient (Wildman–Crippen LogP) is 5.32. The lowest BCUT2D eigenvalue weighted by Gasteiger charge is -2.39. The molecule has 12 heteroatoms. The maximum absolute atomic E-state index is 13.3. The number of rotatable bonds is 5. The fourth-order valence-corrected chi connectivity index (χ4v) is 7.81. The van der Waals surface area contributed by atoms with Crippen molar-refractivity contribution in [1.29, 1.82) is 0 Å². The average Bonchev–Trinajstić information content (AvgIpc) is 3.64. The van der Waals surface area contributed by atoms with Gasteiger partial charge in [-0.05, 0) is 53.9 Å². The summed E-state index contributed by atoms with van der Waals surface area (Å²) in [5.41, 5.74) is 1.97. The van der Waals surface area contributed by atoms with Crippen molar-refractivity contribution in [3.8, 4) is 0 Å². The number of hydrogen-bond acceptors (Lipinski definition) is 9. The van der Waals surface area contributed by atoms with Gasteiger partial charge in [0.15, 0.2) is 10.1 Å². The molecule has 182 valence electrons. The van der Waals surface area contributed by atoms with Crippen LogP contribution in [-0.4, -0.2) is 40.3 Å². The van der Waals surface area contributed by atoms with Gasteiger partial charge in [0.05, 0.1) is 32.3 Å². The molecule has 1 amide bonds. The third kappa shape index (κ3) is 4.04. The summed E-state index contributed by atoms with van der Waals surface area (Å²) in [5, 5.41) is 9.06. The number of nitrogens with zero attached hydrogens (tertiary/aromatic N) is 4. The second-order valence-corrected chi connectivity index (χ2v) is 12.8. The van der Waals surface area contributed by atoms with Crippen LogP contribution in [0.15, 0.2) is 82.1 Å². The van der Waals surface area contributed by atoms with Crippen molar-refractivity contribution >= 4 is 83.3 Å². The van der Waals surface area contributed by atoms with Crippen molar-refractivity contribution in [2.75, 3.05) is 15.7 Å². The molecule has 1 spiro atoms. The minimum atomic E-state index is -4.42. The summed E-state index contributed by atoms with van der Waals surface area (Å²) in [5.74, 6) is 0.121. The molecule has 1 saturated heterocycles. The lowest BCUT2D eigenvalue weighted by molar-refractivity contribution is -0.116. The molecule has 2 aromatic carbocycles. The number of fused-ring (bicyclic) bond motifs is 1. The zero-order valence-corrected chi connectivity index (χ0v) is 21.8. The summed E-state index contributed by atoms with van der Waals surface area (Å²) in [7, 11) is -4.42. The van der Waals surface area contributed by atoms with E-state index < -0.39 is 15.1 Å². The number of hydrogen-bond donors (Lipinski definition) is 1. The Morgan fingerprint density at radius 2 is 1.92 bits per heavy atom. The minimum Gasteiger partial charge on any atom is -0.282 e. The summed E-state index contributed by atoms with van der Waals surface area (Å²) in [4.78, 5) is 19.6. The Hall–Kier alpha value is -3.03. The second-order valence-electron chi connectivity index (χ2n) is 8.13. The molecule has 1 atom stereocenters. The van der Waals surface area contributed by atoms with Crippen LogP contribution in [0.3, 0.4) is 0 Å². The summed E-state index contributed by atoms with van der Waals surface area (Å²) < 4.78 is 34.3. The van der Waals surface area contributed by atoms with Crippen LogP contribution < -0.4 is 9.91 Å². The second kappa shape index (κ2) is 8.82. The Bertz CT molecular complexity index is 1610. The van der Waals surface area contributed by atoms with Crippen LogP contribution in [0, 0.1) is 0 Å². The van der Waals surface area contributed by atoms with Crippen LogP contribution >= 0.6 is 34.4 Å². The van der Waals surface area contributed by atoms with E-state index in [9.17, 15) is 17.8 Å². The number of para-hydroxylation sites is 1. The van der Waals surface area contributed by atoms with Crippen molar-refractivity contribution in [3.05, 3.63) is 77.0 Å². The van der Waals surface area contributed by atoms with Crippen molar-refractivity contribution in [2.45, 2.75) is 16.3 Å². The van der Waals surface area contributed by atoms with Gasteiger partial charge in [0, 0.05) is 11.3 Å². The number of benzene rings is 2. The van der Waals surface area contributed by atoms with Crippen molar-refractivity contribution in [1.82, 2.24) is 4.98 Å². The van der Waals surface area contributed by atoms with Gasteiger partial charge >= 0.3 is 0 Å². The summed E-state index contributed by atoms with van der Waals surface area (Å²) in [6.07, 6.45) is 4.29. The fraction of sp³-hybridized carbons (Fsp3) is 0.125. The van der Waals surface area contributed by atoms with Gasteiger partial charge in [-0.15, -0.1) is 11.3 Å². The van der Waals surface area contributed by atoms with E-state index in [0.29, 0.717) is 17.2 Å². The average molecular weight is 555 g/mol. The SMILES string of the molecule is O=C1CSC2(CC(C=Cc3cccs3)=NN2c2cccc(S(=O)(=O)O)c2)N1c1nc2ccccc2s1. The van der Waals surface area contributed by atoms with E-state index in [1.54, 1.807) is 33.4 Å². The number of thioether (sulfide) groups is 1. The third-order valence-corrected chi connectivity index (χ3v) is 9.88. The van der Waals surface area contributed by atoms with Gasteiger partial charge in [-0.25, -0.2) is 9.99 Å². The molecule has 0 saturated carbocycles. The van der Waals surface area contributed by atoms with Crippen molar-refractivity contribution in [3.63, 3.8) is 0 Å². The van der Waals surface area contributed by atoms with E-state index in [1.807, 2.05) is 53.9 Å². The zero-order chi connectivity index (χ0) is 24.9. The lowest BCUT2D eigenvalue weighted by atomic mass is 10.2. The van der Waals surface area contributed by atoms with Crippen LogP contribution in [0.5, 0.6) is 0 Å². The monoisotopic (exact) mass is 554 g/mol. The largest absolute Gasteiger partial charge is 0.294 e. The number of carbonyl (C=O) groups is 1. The van der Waals surface area contributed by atoms with Gasteiger partial charge in [-0.1, -0.05) is 47.4 Å². The molecule has 36 heavy (non-hydrogen) atoms. The Morgan fingerprint density at radius 1 is 1.06 bits per heavy atom. The predicted molar refractivity (Wildman–Crippen MR) is 146 cm³/mol. The number of amides is 1. The molecule has 2 aliphatic rings. The van der Waals surface area contributed by atoms with Gasteiger partial charge in [-0.2, -0.15) is 13.5 Å². The van der Waals surface area contributed by atoms with Gasteiger partial charge in [0.25, 0.3) is 10.1 Å². The number of hydrazone groups is 1. The molecule has 4 aromatic rings. The van der Waals surface area contributed by atoms with Gasteiger partial charge in [0.1, 0.15) is 0 Å². The molecule has 0 aliphatic carbocycles. The van der Waals surface area contributed by atoms with Crippen LogP contribution in [0.2, 0.25) is 0 Å². The zero-order valence-electron chi connectivity index (χ0n) is 18.5. The molecule has 1 N–H and O–H groups in total. The lowest BCUT2D eigenvalue weighted by Crippen LogP contribution is -2.53.